The zero-order valence-corrected chi connectivity index (χ0v) is 11.9. The van der Waals surface area contributed by atoms with E-state index in [9.17, 15) is 9.90 Å². The van der Waals surface area contributed by atoms with Crippen LogP contribution in [-0.2, 0) is 9.53 Å². The second-order valence-electron chi connectivity index (χ2n) is 5.70. The number of hydrogen-bond acceptors (Lipinski definition) is 3. The molecule has 0 aliphatic carbocycles. The van der Waals surface area contributed by atoms with Gasteiger partial charge < -0.3 is 14.7 Å². The molecule has 1 atom stereocenters. The van der Waals surface area contributed by atoms with Gasteiger partial charge in [-0.25, -0.2) is 0 Å². The fourth-order valence-corrected chi connectivity index (χ4v) is 2.99. The predicted octanol–water partition coefficient (Wildman–Crippen LogP) is 2.24. The molecule has 0 radical (unpaired) electrons. The number of carboxylic acids is 1. The summed E-state index contributed by atoms with van der Waals surface area (Å²) >= 11 is 0. The van der Waals surface area contributed by atoms with Gasteiger partial charge in [0.15, 0.2) is 0 Å². The van der Waals surface area contributed by atoms with Crippen LogP contribution in [0.25, 0.3) is 0 Å². The quantitative estimate of drug-likeness (QED) is 0.760. The van der Waals surface area contributed by atoms with Gasteiger partial charge in [0, 0.05) is 20.3 Å². The van der Waals surface area contributed by atoms with Gasteiger partial charge in [0.25, 0.3) is 0 Å². The molecule has 1 rings (SSSR count). The highest BCUT2D eigenvalue weighted by Gasteiger charge is 2.40. The zero-order valence-electron chi connectivity index (χ0n) is 11.9. The summed E-state index contributed by atoms with van der Waals surface area (Å²) in [6.07, 6.45) is 3.34. The standard InChI is InChI=1S/C14H27NO3/c1-4-5-14(13(16)17)6-8-15(9-7-14)10-12(2)11-18-3/h12H,4-11H2,1-3H3,(H,16,17). The van der Waals surface area contributed by atoms with Crippen LogP contribution in [0.3, 0.4) is 0 Å². The van der Waals surface area contributed by atoms with Gasteiger partial charge in [0.2, 0.25) is 0 Å². The number of nitrogens with zero attached hydrogens (tertiary/aromatic N) is 1. The summed E-state index contributed by atoms with van der Waals surface area (Å²) in [6.45, 7) is 7.83. The van der Waals surface area contributed by atoms with Crippen molar-refractivity contribution in [3.63, 3.8) is 0 Å². The van der Waals surface area contributed by atoms with E-state index in [1.165, 1.54) is 0 Å². The molecule has 106 valence electrons. The molecule has 0 aromatic heterocycles. The first-order valence-electron chi connectivity index (χ1n) is 6.98. The molecule has 1 unspecified atom stereocenters. The molecule has 18 heavy (non-hydrogen) atoms. The first-order valence-corrected chi connectivity index (χ1v) is 6.98. The average Bonchev–Trinajstić information content (AvgIpc) is 2.32. The Bertz CT molecular complexity index is 260. The topological polar surface area (TPSA) is 49.8 Å². The Labute approximate surface area is 110 Å². The van der Waals surface area contributed by atoms with Crippen molar-refractivity contribution in [2.24, 2.45) is 11.3 Å². The predicted molar refractivity (Wildman–Crippen MR) is 71.7 cm³/mol. The monoisotopic (exact) mass is 257 g/mol. The fraction of sp³-hybridized carbons (Fsp3) is 0.929. The Morgan fingerprint density at radius 3 is 2.50 bits per heavy atom. The number of carbonyl (C=O) groups is 1. The van der Waals surface area contributed by atoms with Gasteiger partial charge in [-0.15, -0.1) is 0 Å². The molecular weight excluding hydrogens is 230 g/mol. The second-order valence-corrected chi connectivity index (χ2v) is 5.70. The number of aliphatic carboxylic acids is 1. The highest BCUT2D eigenvalue weighted by molar-refractivity contribution is 5.74. The first-order chi connectivity index (χ1) is 8.54. The molecule has 1 N–H and O–H groups in total. The van der Waals surface area contributed by atoms with Gasteiger partial charge in [-0.1, -0.05) is 20.3 Å². The maximum atomic E-state index is 11.5. The molecule has 0 aromatic rings. The number of ether oxygens (including phenoxy) is 1. The van der Waals surface area contributed by atoms with Crippen molar-refractivity contribution in [2.45, 2.75) is 39.5 Å². The van der Waals surface area contributed by atoms with E-state index >= 15 is 0 Å². The fourth-order valence-electron chi connectivity index (χ4n) is 2.99. The smallest absolute Gasteiger partial charge is 0.309 e. The van der Waals surface area contributed by atoms with Gasteiger partial charge in [-0.2, -0.15) is 0 Å². The molecule has 1 fully saturated rings. The molecule has 1 aliphatic heterocycles. The normalized spacial score (nSPS) is 21.7. The molecule has 0 amide bonds. The molecule has 0 saturated carbocycles. The third kappa shape index (κ3) is 3.95. The molecule has 4 nitrogen and oxygen atoms in total. The number of piperidine rings is 1. The highest BCUT2D eigenvalue weighted by atomic mass is 16.5. The van der Waals surface area contributed by atoms with Gasteiger partial charge in [-0.05, 0) is 38.3 Å². The first kappa shape index (κ1) is 15.4. The molecule has 1 saturated heterocycles. The van der Waals surface area contributed by atoms with Crippen LogP contribution in [0.15, 0.2) is 0 Å². The molecule has 1 aliphatic rings. The van der Waals surface area contributed by atoms with Crippen molar-refractivity contribution < 1.29 is 14.6 Å². The summed E-state index contributed by atoms with van der Waals surface area (Å²) in [6, 6.07) is 0. The molecule has 0 bridgehead atoms. The van der Waals surface area contributed by atoms with Crippen molar-refractivity contribution in [1.82, 2.24) is 4.90 Å². The lowest BCUT2D eigenvalue weighted by Crippen LogP contribution is -2.45. The summed E-state index contributed by atoms with van der Waals surface area (Å²) in [7, 11) is 1.73. The van der Waals surface area contributed by atoms with Crippen molar-refractivity contribution in [3.8, 4) is 0 Å². The molecule has 0 spiro atoms. The van der Waals surface area contributed by atoms with E-state index in [1.807, 2.05) is 0 Å². The van der Waals surface area contributed by atoms with Crippen molar-refractivity contribution in [3.05, 3.63) is 0 Å². The van der Waals surface area contributed by atoms with Gasteiger partial charge in [0.1, 0.15) is 0 Å². The number of methoxy groups -OCH3 is 1. The molecule has 0 aromatic carbocycles. The van der Waals surface area contributed by atoms with Crippen molar-refractivity contribution in [1.29, 1.82) is 0 Å². The maximum Gasteiger partial charge on any atom is 0.309 e. The SMILES string of the molecule is CCCC1(C(=O)O)CCN(CC(C)COC)CC1. The van der Waals surface area contributed by atoms with Crippen LogP contribution in [0.1, 0.15) is 39.5 Å². The minimum Gasteiger partial charge on any atom is -0.481 e. The summed E-state index contributed by atoms with van der Waals surface area (Å²) in [5.74, 6) is -0.0903. The van der Waals surface area contributed by atoms with E-state index < -0.39 is 11.4 Å². The molecular formula is C14H27NO3. The van der Waals surface area contributed by atoms with Crippen LogP contribution in [0.2, 0.25) is 0 Å². The third-order valence-electron chi connectivity index (χ3n) is 4.02. The number of carboxylic acid groups (broad SMARTS) is 1. The van der Waals surface area contributed by atoms with Crippen LogP contribution < -0.4 is 0 Å². The Balaban J connectivity index is 2.45. The van der Waals surface area contributed by atoms with E-state index in [-0.39, 0.29) is 0 Å². The highest BCUT2D eigenvalue weighted by Crippen LogP contribution is 2.36. The lowest BCUT2D eigenvalue weighted by Gasteiger charge is -2.39. The third-order valence-corrected chi connectivity index (χ3v) is 4.02. The number of rotatable bonds is 7. The van der Waals surface area contributed by atoms with E-state index in [0.717, 1.165) is 51.9 Å². The Hall–Kier alpha value is -0.610. The summed E-state index contributed by atoms with van der Waals surface area (Å²) in [5, 5.41) is 9.43. The lowest BCUT2D eigenvalue weighted by atomic mass is 9.75. The van der Waals surface area contributed by atoms with Crippen molar-refractivity contribution in [2.75, 3.05) is 33.4 Å². The Kier molecular flexibility index (Phi) is 6.09. The minimum absolute atomic E-state index is 0.463. The minimum atomic E-state index is -0.603. The van der Waals surface area contributed by atoms with Crippen LogP contribution in [0.4, 0.5) is 0 Å². The molecule has 1 heterocycles. The maximum absolute atomic E-state index is 11.5. The largest absolute Gasteiger partial charge is 0.481 e. The van der Waals surface area contributed by atoms with E-state index in [4.69, 9.17) is 4.74 Å². The Morgan fingerprint density at radius 1 is 1.44 bits per heavy atom. The summed E-state index contributed by atoms with van der Waals surface area (Å²) < 4.78 is 5.14. The molecule has 4 heteroatoms. The van der Waals surface area contributed by atoms with Crippen LogP contribution in [0.5, 0.6) is 0 Å². The zero-order chi connectivity index (χ0) is 13.6. The number of likely N-dealkylation sites (tertiary alicyclic amines) is 1. The van der Waals surface area contributed by atoms with Gasteiger partial charge in [0.05, 0.1) is 5.41 Å². The number of hydrogen-bond donors (Lipinski definition) is 1. The van der Waals surface area contributed by atoms with E-state index in [1.54, 1.807) is 7.11 Å². The second kappa shape index (κ2) is 7.10. The van der Waals surface area contributed by atoms with E-state index in [2.05, 4.69) is 18.7 Å². The summed E-state index contributed by atoms with van der Waals surface area (Å²) in [4.78, 5) is 13.8. The average molecular weight is 257 g/mol. The van der Waals surface area contributed by atoms with Crippen molar-refractivity contribution >= 4 is 5.97 Å². The lowest BCUT2D eigenvalue weighted by molar-refractivity contribution is -0.152. The van der Waals surface area contributed by atoms with Crippen LogP contribution >= 0.6 is 0 Å². The van der Waals surface area contributed by atoms with Crippen LogP contribution in [0, 0.1) is 11.3 Å². The van der Waals surface area contributed by atoms with Gasteiger partial charge >= 0.3 is 5.97 Å². The van der Waals surface area contributed by atoms with E-state index in [0.29, 0.717) is 5.92 Å². The summed E-state index contributed by atoms with van der Waals surface area (Å²) in [5.41, 5.74) is -0.463. The van der Waals surface area contributed by atoms with Crippen LogP contribution in [-0.4, -0.2) is 49.3 Å². The van der Waals surface area contributed by atoms with Gasteiger partial charge in [-0.3, -0.25) is 4.79 Å². The Morgan fingerprint density at radius 2 is 2.06 bits per heavy atom.